The van der Waals surface area contributed by atoms with Crippen LogP contribution >= 0.6 is 23.4 Å². The Labute approximate surface area is 159 Å². The van der Waals surface area contributed by atoms with E-state index in [1.54, 1.807) is 42.3 Å². The normalized spacial score (nSPS) is 10.7. The zero-order valence-electron chi connectivity index (χ0n) is 13.9. The molecule has 1 amide bonds. The molecule has 1 aromatic heterocycles. The fraction of sp³-hybridized carbons (Fsp3) is 0.167. The van der Waals surface area contributed by atoms with Gasteiger partial charge in [-0.1, -0.05) is 41.6 Å². The lowest BCUT2D eigenvalue weighted by Crippen LogP contribution is -2.27. The predicted molar refractivity (Wildman–Crippen MR) is 98.3 cm³/mol. The van der Waals surface area contributed by atoms with Crippen molar-refractivity contribution < 1.29 is 13.6 Å². The van der Waals surface area contributed by atoms with E-state index in [2.05, 4.69) is 10.2 Å². The maximum Gasteiger partial charge on any atom is 0.277 e. The number of hydrogen-bond donors (Lipinski definition) is 0. The van der Waals surface area contributed by atoms with Gasteiger partial charge in [-0.2, -0.15) is 0 Å². The minimum absolute atomic E-state index is 0.0955. The summed E-state index contributed by atoms with van der Waals surface area (Å²) < 4.78 is 18.5. The smallest absolute Gasteiger partial charge is 0.277 e. The van der Waals surface area contributed by atoms with Gasteiger partial charge in [-0.25, -0.2) is 4.39 Å². The highest BCUT2D eigenvalue weighted by atomic mass is 35.5. The number of amides is 1. The number of rotatable bonds is 6. The Bertz CT molecular complexity index is 901. The lowest BCUT2D eigenvalue weighted by molar-refractivity contribution is -0.127. The second-order valence-corrected chi connectivity index (χ2v) is 6.91. The van der Waals surface area contributed by atoms with Crippen molar-refractivity contribution in [1.82, 2.24) is 15.1 Å². The first kappa shape index (κ1) is 18.4. The first-order valence-electron chi connectivity index (χ1n) is 7.72. The van der Waals surface area contributed by atoms with Crippen LogP contribution in [0, 0.1) is 5.82 Å². The molecule has 5 nitrogen and oxygen atoms in total. The molecular formula is C18H15ClFN3O2S. The summed E-state index contributed by atoms with van der Waals surface area (Å²) in [5.74, 6) is 0.114. The number of benzene rings is 2. The van der Waals surface area contributed by atoms with Gasteiger partial charge < -0.3 is 9.32 Å². The van der Waals surface area contributed by atoms with Crippen LogP contribution in [0.1, 0.15) is 5.56 Å². The standard InChI is InChI=1S/C18H15ClFN3O2S/c1-23(10-12-5-7-15(20)8-6-12)16(24)11-26-18-22-21-17(25-18)13-3-2-4-14(19)9-13/h2-9H,10-11H2,1H3. The topological polar surface area (TPSA) is 59.2 Å². The summed E-state index contributed by atoms with van der Waals surface area (Å²) in [5, 5.41) is 8.79. The molecule has 0 unspecified atom stereocenters. The highest BCUT2D eigenvalue weighted by molar-refractivity contribution is 7.99. The van der Waals surface area contributed by atoms with Crippen LogP contribution < -0.4 is 0 Å². The fourth-order valence-electron chi connectivity index (χ4n) is 2.19. The van der Waals surface area contributed by atoms with Crippen molar-refractivity contribution in [2.45, 2.75) is 11.8 Å². The highest BCUT2D eigenvalue weighted by Crippen LogP contribution is 2.25. The van der Waals surface area contributed by atoms with Gasteiger partial charge in [0.2, 0.25) is 11.8 Å². The quantitative estimate of drug-likeness (QED) is 0.587. The third-order valence-electron chi connectivity index (χ3n) is 3.56. The fourth-order valence-corrected chi connectivity index (χ4v) is 3.09. The van der Waals surface area contributed by atoms with Gasteiger partial charge in [0, 0.05) is 24.2 Å². The monoisotopic (exact) mass is 391 g/mol. The zero-order valence-corrected chi connectivity index (χ0v) is 15.4. The second-order valence-electron chi connectivity index (χ2n) is 5.55. The van der Waals surface area contributed by atoms with E-state index in [0.29, 0.717) is 22.7 Å². The third kappa shape index (κ3) is 4.83. The summed E-state index contributed by atoms with van der Waals surface area (Å²) >= 11 is 7.11. The lowest BCUT2D eigenvalue weighted by atomic mass is 10.2. The van der Waals surface area contributed by atoms with E-state index < -0.39 is 0 Å². The van der Waals surface area contributed by atoms with Gasteiger partial charge >= 0.3 is 0 Å². The summed E-state index contributed by atoms with van der Waals surface area (Å²) in [5.41, 5.74) is 1.57. The van der Waals surface area contributed by atoms with Crippen LogP contribution in [0.3, 0.4) is 0 Å². The molecule has 0 bridgehead atoms. The van der Waals surface area contributed by atoms with Gasteiger partial charge in [0.25, 0.3) is 5.22 Å². The molecule has 1 heterocycles. The SMILES string of the molecule is CN(Cc1ccc(F)cc1)C(=O)CSc1nnc(-c2cccc(Cl)c2)o1. The lowest BCUT2D eigenvalue weighted by Gasteiger charge is -2.16. The molecule has 8 heteroatoms. The molecular weight excluding hydrogens is 377 g/mol. The summed E-state index contributed by atoms with van der Waals surface area (Å²) in [7, 11) is 1.69. The van der Waals surface area contributed by atoms with Crippen LogP contribution in [-0.2, 0) is 11.3 Å². The minimum Gasteiger partial charge on any atom is -0.411 e. The highest BCUT2D eigenvalue weighted by Gasteiger charge is 2.14. The number of hydrogen-bond acceptors (Lipinski definition) is 5. The molecule has 0 spiro atoms. The number of carbonyl (C=O) groups is 1. The maximum atomic E-state index is 12.9. The number of aromatic nitrogens is 2. The van der Waals surface area contributed by atoms with E-state index in [-0.39, 0.29) is 17.5 Å². The molecule has 0 radical (unpaired) electrons. The molecule has 0 saturated carbocycles. The van der Waals surface area contributed by atoms with E-state index in [4.69, 9.17) is 16.0 Å². The van der Waals surface area contributed by atoms with Gasteiger partial charge in [0.1, 0.15) is 5.82 Å². The van der Waals surface area contributed by atoms with Crippen molar-refractivity contribution in [2.24, 2.45) is 0 Å². The molecule has 134 valence electrons. The van der Waals surface area contributed by atoms with Crippen molar-refractivity contribution in [3.05, 3.63) is 64.9 Å². The van der Waals surface area contributed by atoms with Gasteiger partial charge in [0.15, 0.2) is 0 Å². The van der Waals surface area contributed by atoms with Crippen molar-refractivity contribution in [3.8, 4) is 11.5 Å². The Hall–Kier alpha value is -2.38. The summed E-state index contributed by atoms with van der Waals surface area (Å²) in [4.78, 5) is 13.8. The van der Waals surface area contributed by atoms with E-state index >= 15 is 0 Å². The molecule has 0 saturated heterocycles. The van der Waals surface area contributed by atoms with Gasteiger partial charge in [0.05, 0.1) is 5.75 Å². The number of thioether (sulfide) groups is 1. The predicted octanol–water partition coefficient (Wildman–Crippen LogP) is 4.28. The van der Waals surface area contributed by atoms with Crippen LogP contribution in [0.5, 0.6) is 0 Å². The Morgan fingerprint density at radius 2 is 2.00 bits per heavy atom. The van der Waals surface area contributed by atoms with Crippen LogP contribution in [-0.4, -0.2) is 33.8 Å². The molecule has 26 heavy (non-hydrogen) atoms. The molecule has 0 aliphatic rings. The Kier molecular flexibility index (Phi) is 5.90. The largest absolute Gasteiger partial charge is 0.411 e. The molecule has 0 atom stereocenters. The van der Waals surface area contributed by atoms with Crippen molar-refractivity contribution in [3.63, 3.8) is 0 Å². The van der Waals surface area contributed by atoms with Crippen molar-refractivity contribution >= 4 is 29.3 Å². The maximum absolute atomic E-state index is 12.9. The Morgan fingerprint density at radius 1 is 1.23 bits per heavy atom. The first-order chi connectivity index (χ1) is 12.5. The number of halogens is 2. The molecule has 0 aliphatic carbocycles. The van der Waals surface area contributed by atoms with E-state index in [1.807, 2.05) is 6.07 Å². The Balaban J connectivity index is 1.55. The van der Waals surface area contributed by atoms with Crippen LogP contribution in [0.4, 0.5) is 4.39 Å². The van der Waals surface area contributed by atoms with Gasteiger partial charge in [-0.15, -0.1) is 10.2 Å². The van der Waals surface area contributed by atoms with Crippen LogP contribution in [0.25, 0.3) is 11.5 Å². The van der Waals surface area contributed by atoms with E-state index in [9.17, 15) is 9.18 Å². The Morgan fingerprint density at radius 3 is 2.73 bits per heavy atom. The first-order valence-corrected chi connectivity index (χ1v) is 9.08. The van der Waals surface area contributed by atoms with Crippen LogP contribution in [0.15, 0.2) is 58.2 Å². The second kappa shape index (κ2) is 8.33. The average Bonchev–Trinajstić information content (AvgIpc) is 3.10. The minimum atomic E-state index is -0.301. The molecule has 0 aliphatic heterocycles. The summed E-state index contributed by atoms with van der Waals surface area (Å²) in [6, 6.07) is 13.1. The molecule has 0 N–H and O–H groups in total. The number of carbonyl (C=O) groups excluding carboxylic acids is 1. The summed E-state index contributed by atoms with van der Waals surface area (Å²) in [6.07, 6.45) is 0. The van der Waals surface area contributed by atoms with Crippen LogP contribution in [0.2, 0.25) is 5.02 Å². The van der Waals surface area contributed by atoms with E-state index in [0.717, 1.165) is 11.1 Å². The van der Waals surface area contributed by atoms with Gasteiger partial charge in [-0.05, 0) is 35.9 Å². The number of nitrogens with zero attached hydrogens (tertiary/aromatic N) is 3. The van der Waals surface area contributed by atoms with E-state index in [1.165, 1.54) is 23.9 Å². The van der Waals surface area contributed by atoms with Crippen molar-refractivity contribution in [1.29, 1.82) is 0 Å². The molecule has 3 aromatic rings. The molecule has 2 aromatic carbocycles. The molecule has 3 rings (SSSR count). The average molecular weight is 392 g/mol. The van der Waals surface area contributed by atoms with Crippen molar-refractivity contribution in [2.75, 3.05) is 12.8 Å². The summed E-state index contributed by atoms with van der Waals surface area (Å²) in [6.45, 7) is 0.400. The third-order valence-corrected chi connectivity index (χ3v) is 4.59. The van der Waals surface area contributed by atoms with Gasteiger partial charge in [-0.3, -0.25) is 4.79 Å². The zero-order chi connectivity index (χ0) is 18.5. The molecule has 0 fully saturated rings.